The van der Waals surface area contributed by atoms with E-state index in [1.165, 1.54) is 11.1 Å². The maximum absolute atomic E-state index is 12.5. The highest BCUT2D eigenvalue weighted by atomic mass is 16.5. The van der Waals surface area contributed by atoms with E-state index >= 15 is 0 Å². The molecule has 2 aliphatic rings. The van der Waals surface area contributed by atoms with Crippen molar-refractivity contribution >= 4 is 5.78 Å². The lowest BCUT2D eigenvalue weighted by Gasteiger charge is -2.11. The minimum absolute atomic E-state index is 0.0589. The van der Waals surface area contributed by atoms with Gasteiger partial charge in [0.15, 0.2) is 5.78 Å². The van der Waals surface area contributed by atoms with Gasteiger partial charge in [0.05, 0.1) is 11.4 Å². The van der Waals surface area contributed by atoms with Crippen molar-refractivity contribution in [3.63, 3.8) is 0 Å². The lowest BCUT2D eigenvalue weighted by atomic mass is 9.99. The van der Waals surface area contributed by atoms with Crippen molar-refractivity contribution in [2.45, 2.75) is 26.4 Å². The zero-order valence-electron chi connectivity index (χ0n) is 14.2. The summed E-state index contributed by atoms with van der Waals surface area (Å²) in [6, 6.07) is 15.7. The number of hydrogen-bond donors (Lipinski definition) is 0. The van der Waals surface area contributed by atoms with E-state index in [9.17, 15) is 4.79 Å². The molecular weight excluding hydrogens is 310 g/mol. The summed E-state index contributed by atoms with van der Waals surface area (Å²) < 4.78 is 6.08. The number of ketones is 1. The molecule has 1 unspecified atom stereocenters. The fourth-order valence-electron chi connectivity index (χ4n) is 3.88. The Bertz CT molecular complexity index is 1050. The van der Waals surface area contributed by atoms with E-state index in [0.717, 1.165) is 40.2 Å². The normalized spacial score (nSPS) is 17.0. The molecule has 0 amide bonds. The lowest BCUT2D eigenvalue weighted by Crippen LogP contribution is -2.05. The smallest absolute Gasteiger partial charge is 0.195 e. The first-order valence-corrected chi connectivity index (χ1v) is 8.58. The molecule has 3 heteroatoms. The molecular formula is C22H17NO2. The van der Waals surface area contributed by atoms with Crippen molar-refractivity contribution in [2.75, 3.05) is 0 Å². The average molecular weight is 327 g/mol. The van der Waals surface area contributed by atoms with E-state index in [2.05, 4.69) is 26.0 Å². The largest absolute Gasteiger partial charge is 0.489 e. The van der Waals surface area contributed by atoms with Crippen LogP contribution >= 0.6 is 0 Å². The van der Waals surface area contributed by atoms with Gasteiger partial charge in [-0.25, -0.2) is 4.98 Å². The molecule has 0 bridgehead atoms. The Balaban J connectivity index is 1.71. The second-order valence-corrected chi connectivity index (χ2v) is 6.84. The zero-order chi connectivity index (χ0) is 17.1. The number of hydrogen-bond acceptors (Lipinski definition) is 3. The van der Waals surface area contributed by atoms with Crippen LogP contribution in [-0.2, 0) is 6.42 Å². The van der Waals surface area contributed by atoms with Crippen LogP contribution in [0.5, 0.6) is 5.75 Å². The van der Waals surface area contributed by atoms with Gasteiger partial charge in [-0.2, -0.15) is 0 Å². The van der Waals surface area contributed by atoms with Crippen LogP contribution in [0, 0.1) is 6.92 Å². The number of carbonyl (C=O) groups excluding carboxylic acids is 1. The molecule has 0 N–H and O–H groups in total. The van der Waals surface area contributed by atoms with Crippen LogP contribution in [0.3, 0.4) is 0 Å². The van der Waals surface area contributed by atoms with Crippen LogP contribution in [-0.4, -0.2) is 16.9 Å². The van der Waals surface area contributed by atoms with Gasteiger partial charge in [0.25, 0.3) is 0 Å². The Morgan fingerprint density at radius 3 is 2.56 bits per heavy atom. The van der Waals surface area contributed by atoms with E-state index in [1.807, 2.05) is 36.4 Å². The van der Waals surface area contributed by atoms with Crippen LogP contribution in [0.4, 0.5) is 0 Å². The molecule has 3 nitrogen and oxygen atoms in total. The van der Waals surface area contributed by atoms with Gasteiger partial charge in [0.2, 0.25) is 0 Å². The molecule has 0 saturated carbocycles. The van der Waals surface area contributed by atoms with Crippen molar-refractivity contribution in [3.05, 3.63) is 70.8 Å². The highest BCUT2D eigenvalue weighted by Gasteiger charge is 2.29. The van der Waals surface area contributed by atoms with Crippen LogP contribution < -0.4 is 4.74 Å². The fraction of sp³-hybridized carbons (Fsp3) is 0.182. The van der Waals surface area contributed by atoms with E-state index in [4.69, 9.17) is 9.72 Å². The molecule has 0 radical (unpaired) electrons. The van der Waals surface area contributed by atoms with Crippen LogP contribution in [0.25, 0.3) is 22.5 Å². The number of pyridine rings is 1. The van der Waals surface area contributed by atoms with Gasteiger partial charge in [-0.1, -0.05) is 30.3 Å². The second kappa shape index (κ2) is 5.03. The van der Waals surface area contributed by atoms with Gasteiger partial charge in [0.1, 0.15) is 11.9 Å². The number of ether oxygens (including phenoxy) is 1. The monoisotopic (exact) mass is 327 g/mol. The molecule has 0 saturated heterocycles. The standard InChI is InChI=1S/C22H17NO2/c1-12-7-8-16(22-18(12)11-13(2)25-22)19-10-9-17-20(23-19)14-5-3-4-6-15(14)21(17)24/h3-10,13H,11H2,1-2H3. The van der Waals surface area contributed by atoms with E-state index in [0.29, 0.717) is 5.56 Å². The molecule has 1 atom stereocenters. The molecule has 25 heavy (non-hydrogen) atoms. The van der Waals surface area contributed by atoms with Crippen molar-refractivity contribution < 1.29 is 9.53 Å². The molecule has 5 rings (SSSR count). The highest BCUT2D eigenvalue weighted by Crippen LogP contribution is 2.42. The molecule has 2 aromatic carbocycles. The van der Waals surface area contributed by atoms with Gasteiger partial charge in [-0.05, 0) is 37.6 Å². The predicted molar refractivity (Wildman–Crippen MR) is 97.1 cm³/mol. The molecule has 1 aliphatic carbocycles. The fourth-order valence-corrected chi connectivity index (χ4v) is 3.88. The van der Waals surface area contributed by atoms with Gasteiger partial charge in [0, 0.05) is 34.2 Å². The Morgan fingerprint density at radius 1 is 0.960 bits per heavy atom. The third-order valence-corrected chi connectivity index (χ3v) is 5.15. The van der Waals surface area contributed by atoms with Crippen molar-refractivity contribution in [1.82, 2.24) is 4.98 Å². The summed E-state index contributed by atoms with van der Waals surface area (Å²) in [6.45, 7) is 4.21. The first kappa shape index (κ1) is 14.4. The van der Waals surface area contributed by atoms with Gasteiger partial charge in [-0.3, -0.25) is 4.79 Å². The van der Waals surface area contributed by atoms with Gasteiger partial charge < -0.3 is 4.74 Å². The zero-order valence-corrected chi connectivity index (χ0v) is 14.2. The van der Waals surface area contributed by atoms with Gasteiger partial charge in [-0.15, -0.1) is 0 Å². The van der Waals surface area contributed by atoms with Crippen LogP contribution in [0.1, 0.15) is 34.0 Å². The van der Waals surface area contributed by atoms with E-state index in [1.54, 1.807) is 0 Å². The van der Waals surface area contributed by atoms with Crippen molar-refractivity contribution in [1.29, 1.82) is 0 Å². The molecule has 1 aliphatic heterocycles. The number of aromatic nitrogens is 1. The first-order chi connectivity index (χ1) is 12.1. The Kier molecular flexibility index (Phi) is 2.90. The van der Waals surface area contributed by atoms with Crippen molar-refractivity contribution in [2.24, 2.45) is 0 Å². The number of benzene rings is 2. The molecule has 122 valence electrons. The summed E-state index contributed by atoms with van der Waals surface area (Å²) in [6.07, 6.45) is 1.12. The first-order valence-electron chi connectivity index (χ1n) is 8.58. The Labute approximate surface area is 146 Å². The summed E-state index contributed by atoms with van der Waals surface area (Å²) in [4.78, 5) is 17.4. The molecule has 1 aromatic heterocycles. The molecule has 0 fully saturated rings. The molecule has 2 heterocycles. The summed E-state index contributed by atoms with van der Waals surface area (Å²) in [7, 11) is 0. The molecule has 0 spiro atoms. The minimum atomic E-state index is 0.0589. The topological polar surface area (TPSA) is 39.2 Å². The quantitative estimate of drug-likeness (QED) is 0.513. The van der Waals surface area contributed by atoms with Gasteiger partial charge >= 0.3 is 0 Å². The molecule has 3 aromatic rings. The maximum Gasteiger partial charge on any atom is 0.195 e. The van der Waals surface area contributed by atoms with Crippen LogP contribution in [0.2, 0.25) is 0 Å². The lowest BCUT2D eigenvalue weighted by molar-refractivity contribution is 0.104. The number of aryl methyl sites for hydroxylation is 1. The number of rotatable bonds is 1. The van der Waals surface area contributed by atoms with Crippen LogP contribution in [0.15, 0.2) is 48.5 Å². The minimum Gasteiger partial charge on any atom is -0.489 e. The summed E-state index contributed by atoms with van der Waals surface area (Å²) in [5, 5.41) is 0. The van der Waals surface area contributed by atoms with Crippen molar-refractivity contribution in [3.8, 4) is 28.3 Å². The number of nitrogens with zero attached hydrogens (tertiary/aromatic N) is 1. The maximum atomic E-state index is 12.5. The second-order valence-electron chi connectivity index (χ2n) is 6.84. The Morgan fingerprint density at radius 2 is 1.72 bits per heavy atom. The third-order valence-electron chi connectivity index (χ3n) is 5.15. The Hall–Kier alpha value is -2.94. The highest BCUT2D eigenvalue weighted by molar-refractivity contribution is 6.21. The van der Waals surface area contributed by atoms with E-state index in [-0.39, 0.29) is 11.9 Å². The SMILES string of the molecule is Cc1ccc(-c2ccc3c(n2)-c2ccccc2C3=O)c2c1CC(C)O2. The number of fused-ring (bicyclic) bond motifs is 4. The van der Waals surface area contributed by atoms with E-state index < -0.39 is 0 Å². The summed E-state index contributed by atoms with van der Waals surface area (Å²) >= 11 is 0. The summed E-state index contributed by atoms with van der Waals surface area (Å²) in [5.74, 6) is 1.00. The summed E-state index contributed by atoms with van der Waals surface area (Å²) in [5.41, 5.74) is 7.50. The number of carbonyl (C=O) groups is 1. The average Bonchev–Trinajstić information content (AvgIpc) is 3.15. The predicted octanol–water partition coefficient (Wildman–Crippen LogP) is 4.59. The third kappa shape index (κ3) is 1.99.